The maximum atomic E-state index is 10.6. The summed E-state index contributed by atoms with van der Waals surface area (Å²) in [4.78, 5) is 27.3. The van der Waals surface area contributed by atoms with Crippen LogP contribution in [0.15, 0.2) is 5.16 Å². The molecule has 1 aromatic heterocycles. The van der Waals surface area contributed by atoms with E-state index < -0.39 is 23.3 Å². The highest BCUT2D eigenvalue weighted by atomic mass is 32.2. The number of thiocarbonyl (C=S) groups is 1. The van der Waals surface area contributed by atoms with Crippen LogP contribution < -0.4 is 0 Å². The fraction of sp³-hybridized carbons (Fsp3) is 0.143. The molecule has 0 atom stereocenters. The van der Waals surface area contributed by atoms with Crippen molar-refractivity contribution in [3.05, 3.63) is 11.4 Å². The number of hydrogen-bond donors (Lipinski definition) is 3. The monoisotopic (exact) mass is 246 g/mol. The van der Waals surface area contributed by atoms with Crippen molar-refractivity contribution in [2.75, 3.05) is 5.75 Å². The van der Waals surface area contributed by atoms with E-state index in [9.17, 15) is 9.59 Å². The average molecular weight is 246 g/mol. The van der Waals surface area contributed by atoms with Crippen LogP contribution in [0.5, 0.6) is 0 Å². The maximum absolute atomic E-state index is 10.6. The van der Waals surface area contributed by atoms with Crippen LogP contribution in [0.2, 0.25) is 0 Å². The number of aromatic amines is 1. The standard InChI is InChI=1S/C7H6N2O4S2/c10-5(11)3-4(6(12)13)9-7(8-3)15-2-1-14/h1H,2H2,(H,8,9)(H,10,11)(H,12,13). The van der Waals surface area contributed by atoms with Gasteiger partial charge in [-0.3, -0.25) is 0 Å². The number of imidazole rings is 1. The van der Waals surface area contributed by atoms with Gasteiger partial charge < -0.3 is 15.2 Å². The molecule has 0 saturated carbocycles. The summed E-state index contributed by atoms with van der Waals surface area (Å²) in [7, 11) is 0. The first-order chi connectivity index (χ1) is 7.06. The average Bonchev–Trinajstić information content (AvgIpc) is 2.58. The number of aromatic nitrogens is 2. The van der Waals surface area contributed by atoms with Gasteiger partial charge in [0.15, 0.2) is 16.5 Å². The van der Waals surface area contributed by atoms with E-state index in [-0.39, 0.29) is 5.16 Å². The third-order valence-corrected chi connectivity index (χ3v) is 2.56. The lowest BCUT2D eigenvalue weighted by Gasteiger charge is -1.89. The first kappa shape index (κ1) is 11.7. The van der Waals surface area contributed by atoms with Gasteiger partial charge in [-0.15, -0.1) is 0 Å². The van der Waals surface area contributed by atoms with Crippen LogP contribution in [-0.4, -0.2) is 43.2 Å². The SMILES string of the molecule is O=C(O)c1nc(SCC=S)[nH]c1C(=O)O. The number of carboxylic acids is 2. The van der Waals surface area contributed by atoms with Crippen LogP contribution in [0, 0.1) is 0 Å². The summed E-state index contributed by atoms with van der Waals surface area (Å²) in [5.74, 6) is -2.28. The number of nitrogens with one attached hydrogen (secondary N) is 1. The molecule has 80 valence electrons. The largest absolute Gasteiger partial charge is 0.477 e. The van der Waals surface area contributed by atoms with Crippen molar-refractivity contribution >= 4 is 41.3 Å². The molecule has 1 heterocycles. The highest BCUT2D eigenvalue weighted by Crippen LogP contribution is 2.16. The van der Waals surface area contributed by atoms with Crippen LogP contribution in [0.25, 0.3) is 0 Å². The van der Waals surface area contributed by atoms with E-state index in [2.05, 4.69) is 22.2 Å². The minimum atomic E-state index is -1.38. The Labute approximate surface area is 93.7 Å². The van der Waals surface area contributed by atoms with Gasteiger partial charge in [-0.05, 0) is 5.37 Å². The number of carbonyl (C=O) groups is 2. The lowest BCUT2D eigenvalue weighted by molar-refractivity contribution is 0.0644. The number of carboxylic acid groups (broad SMARTS) is 2. The summed E-state index contributed by atoms with van der Waals surface area (Å²) in [6.07, 6.45) is 0. The number of thioether (sulfide) groups is 1. The van der Waals surface area contributed by atoms with Crippen LogP contribution in [-0.2, 0) is 0 Å². The summed E-state index contributed by atoms with van der Waals surface area (Å²) >= 11 is 5.71. The van der Waals surface area contributed by atoms with E-state index >= 15 is 0 Å². The Balaban J connectivity index is 3.03. The van der Waals surface area contributed by atoms with Crippen molar-refractivity contribution in [2.45, 2.75) is 5.16 Å². The van der Waals surface area contributed by atoms with Gasteiger partial charge in [0, 0.05) is 5.75 Å². The van der Waals surface area contributed by atoms with Crippen molar-refractivity contribution in [2.24, 2.45) is 0 Å². The van der Waals surface area contributed by atoms with Gasteiger partial charge in [-0.2, -0.15) is 0 Å². The lowest BCUT2D eigenvalue weighted by atomic mass is 10.3. The molecule has 0 fully saturated rings. The molecule has 0 aliphatic rings. The Hall–Kier alpha value is -1.41. The Bertz CT molecular complexity index is 384. The van der Waals surface area contributed by atoms with E-state index in [0.29, 0.717) is 5.75 Å². The van der Waals surface area contributed by atoms with E-state index in [1.165, 1.54) is 5.37 Å². The van der Waals surface area contributed by atoms with Crippen molar-refractivity contribution in [1.29, 1.82) is 0 Å². The molecule has 0 spiro atoms. The van der Waals surface area contributed by atoms with Crippen LogP contribution in [0.4, 0.5) is 0 Å². The molecule has 0 unspecified atom stereocenters. The molecule has 3 N–H and O–H groups in total. The van der Waals surface area contributed by atoms with E-state index in [1.54, 1.807) is 0 Å². The molecule has 0 bridgehead atoms. The first-order valence-corrected chi connectivity index (χ1v) is 5.15. The van der Waals surface area contributed by atoms with Gasteiger partial charge in [0.2, 0.25) is 0 Å². The maximum Gasteiger partial charge on any atom is 0.357 e. The minimum Gasteiger partial charge on any atom is -0.477 e. The number of rotatable bonds is 5. The summed E-state index contributed by atoms with van der Waals surface area (Å²) in [5.41, 5.74) is -0.913. The molecule has 0 saturated heterocycles. The molecule has 15 heavy (non-hydrogen) atoms. The topological polar surface area (TPSA) is 103 Å². The highest BCUT2D eigenvalue weighted by Gasteiger charge is 2.21. The van der Waals surface area contributed by atoms with E-state index in [1.807, 2.05) is 0 Å². The fourth-order valence-corrected chi connectivity index (χ4v) is 1.60. The molecule has 6 nitrogen and oxygen atoms in total. The van der Waals surface area contributed by atoms with Gasteiger partial charge >= 0.3 is 11.9 Å². The molecule has 1 rings (SSSR count). The van der Waals surface area contributed by atoms with Gasteiger partial charge in [0.05, 0.1) is 0 Å². The smallest absolute Gasteiger partial charge is 0.357 e. The fourth-order valence-electron chi connectivity index (χ4n) is 0.842. The third-order valence-electron chi connectivity index (χ3n) is 1.39. The predicted molar refractivity (Wildman–Crippen MR) is 56.9 cm³/mol. The Kier molecular flexibility index (Phi) is 3.81. The van der Waals surface area contributed by atoms with Crippen LogP contribution >= 0.6 is 24.0 Å². The Morgan fingerprint density at radius 3 is 2.53 bits per heavy atom. The lowest BCUT2D eigenvalue weighted by Crippen LogP contribution is -2.07. The minimum absolute atomic E-state index is 0.228. The summed E-state index contributed by atoms with van der Waals surface area (Å²) < 4.78 is 0. The molecule has 0 radical (unpaired) electrons. The van der Waals surface area contributed by atoms with Gasteiger partial charge in [0.25, 0.3) is 0 Å². The quantitative estimate of drug-likeness (QED) is 0.523. The summed E-state index contributed by atoms with van der Waals surface area (Å²) in [6, 6.07) is 0. The summed E-state index contributed by atoms with van der Waals surface area (Å²) in [5, 5.41) is 19.0. The zero-order chi connectivity index (χ0) is 11.4. The molecule has 8 heteroatoms. The molecular formula is C7H6N2O4S2. The normalized spacial score (nSPS) is 9.87. The molecular weight excluding hydrogens is 240 g/mol. The molecule has 1 aromatic rings. The molecule has 0 amide bonds. The molecule has 0 aliphatic heterocycles. The predicted octanol–water partition coefficient (Wildman–Crippen LogP) is 0.898. The number of hydrogen-bond acceptors (Lipinski definition) is 5. The van der Waals surface area contributed by atoms with Crippen molar-refractivity contribution < 1.29 is 19.8 Å². The second-order valence-electron chi connectivity index (χ2n) is 2.35. The highest BCUT2D eigenvalue weighted by molar-refractivity contribution is 8.00. The van der Waals surface area contributed by atoms with E-state index in [0.717, 1.165) is 11.8 Å². The second kappa shape index (κ2) is 4.89. The first-order valence-electron chi connectivity index (χ1n) is 3.69. The summed E-state index contributed by atoms with van der Waals surface area (Å²) in [6.45, 7) is 0. The third kappa shape index (κ3) is 2.77. The second-order valence-corrected chi connectivity index (χ2v) is 3.70. The van der Waals surface area contributed by atoms with Crippen molar-refractivity contribution in [3.8, 4) is 0 Å². The van der Waals surface area contributed by atoms with Crippen LogP contribution in [0.1, 0.15) is 21.0 Å². The van der Waals surface area contributed by atoms with Gasteiger partial charge in [-0.25, -0.2) is 14.6 Å². The number of aromatic carboxylic acids is 2. The molecule has 0 aromatic carbocycles. The Morgan fingerprint density at radius 1 is 1.47 bits per heavy atom. The molecule has 0 aliphatic carbocycles. The zero-order valence-corrected chi connectivity index (χ0v) is 8.89. The number of nitrogens with zero attached hydrogens (tertiary/aromatic N) is 1. The van der Waals surface area contributed by atoms with Crippen molar-refractivity contribution in [3.63, 3.8) is 0 Å². The van der Waals surface area contributed by atoms with Crippen molar-refractivity contribution in [1.82, 2.24) is 9.97 Å². The van der Waals surface area contributed by atoms with Gasteiger partial charge in [-0.1, -0.05) is 24.0 Å². The van der Waals surface area contributed by atoms with Crippen LogP contribution in [0.3, 0.4) is 0 Å². The Morgan fingerprint density at radius 2 is 2.13 bits per heavy atom. The van der Waals surface area contributed by atoms with E-state index in [4.69, 9.17) is 10.2 Å². The zero-order valence-electron chi connectivity index (χ0n) is 7.26. The van der Waals surface area contributed by atoms with Gasteiger partial charge in [0.1, 0.15) is 0 Å². The number of H-pyrrole nitrogens is 1.